The third kappa shape index (κ3) is 6.50. The van der Waals surface area contributed by atoms with Crippen LogP contribution in [-0.2, 0) is 20.9 Å². The summed E-state index contributed by atoms with van der Waals surface area (Å²) in [6.45, 7) is 13.4. The maximum Gasteiger partial charge on any atom is 0.410 e. The molecular formula is C33H44N4O5. The highest BCUT2D eigenvalue weighted by Gasteiger charge is 2.48. The quantitative estimate of drug-likeness (QED) is 0.478. The summed E-state index contributed by atoms with van der Waals surface area (Å²) in [6, 6.07) is 15.4. The van der Waals surface area contributed by atoms with Crippen molar-refractivity contribution < 1.29 is 23.9 Å². The van der Waals surface area contributed by atoms with E-state index < -0.39 is 11.7 Å². The van der Waals surface area contributed by atoms with Gasteiger partial charge in [-0.3, -0.25) is 4.79 Å². The maximum atomic E-state index is 13.1. The smallest absolute Gasteiger partial charge is 0.410 e. The highest BCUT2D eigenvalue weighted by Crippen LogP contribution is 2.50. The molecule has 2 aromatic carbocycles. The largest absolute Gasteiger partial charge is 0.445 e. The van der Waals surface area contributed by atoms with Gasteiger partial charge in [-0.15, -0.1) is 0 Å². The molecule has 42 heavy (non-hydrogen) atoms. The number of benzene rings is 2. The van der Waals surface area contributed by atoms with E-state index in [1.165, 1.54) is 0 Å². The van der Waals surface area contributed by atoms with Gasteiger partial charge in [0.05, 0.1) is 6.04 Å². The van der Waals surface area contributed by atoms with E-state index in [0.717, 1.165) is 35.3 Å². The summed E-state index contributed by atoms with van der Waals surface area (Å²) in [5.74, 6) is 0.428. The number of nitrogens with one attached hydrogen (secondary N) is 1. The third-order valence-electron chi connectivity index (χ3n) is 8.52. The predicted molar refractivity (Wildman–Crippen MR) is 162 cm³/mol. The van der Waals surface area contributed by atoms with Crippen molar-refractivity contribution in [1.29, 1.82) is 0 Å². The van der Waals surface area contributed by atoms with Crippen LogP contribution in [0.2, 0.25) is 0 Å². The Morgan fingerprint density at radius 3 is 2.33 bits per heavy atom. The Balaban J connectivity index is 1.39. The number of hydrogen-bond donors (Lipinski definition) is 1. The van der Waals surface area contributed by atoms with E-state index in [-0.39, 0.29) is 42.7 Å². The van der Waals surface area contributed by atoms with Gasteiger partial charge in [0, 0.05) is 61.5 Å². The molecule has 0 spiro atoms. The van der Waals surface area contributed by atoms with Crippen LogP contribution in [0.1, 0.15) is 71.6 Å². The zero-order valence-corrected chi connectivity index (χ0v) is 25.6. The minimum Gasteiger partial charge on any atom is -0.445 e. The van der Waals surface area contributed by atoms with Crippen LogP contribution in [0.4, 0.5) is 21.0 Å². The van der Waals surface area contributed by atoms with Crippen molar-refractivity contribution in [3.05, 3.63) is 59.7 Å². The lowest BCUT2D eigenvalue weighted by Crippen LogP contribution is -2.55. The molecule has 2 heterocycles. The number of carbonyl (C=O) groups excluding carboxylic acids is 3. The Morgan fingerprint density at radius 1 is 1.00 bits per heavy atom. The molecule has 1 aliphatic carbocycles. The number of rotatable bonds is 5. The van der Waals surface area contributed by atoms with Crippen LogP contribution < -0.4 is 15.1 Å². The summed E-state index contributed by atoms with van der Waals surface area (Å²) in [7, 11) is 0. The molecule has 2 aromatic rings. The SMILES string of the molecule is CC(=O)N1c2ccc(N3CCN(C(=O)OC(C)(C)C)C(C)C3)cc2C(NC(=O)OCc2ccccc2)C(C)C1C1CC1. The predicted octanol–water partition coefficient (Wildman–Crippen LogP) is 5.88. The number of hydrogen-bond acceptors (Lipinski definition) is 6. The van der Waals surface area contributed by atoms with Crippen LogP contribution in [0, 0.1) is 11.8 Å². The molecule has 2 fully saturated rings. The summed E-state index contributed by atoms with van der Waals surface area (Å²) < 4.78 is 11.2. The molecule has 3 aliphatic rings. The zero-order chi connectivity index (χ0) is 30.2. The molecule has 5 rings (SSSR count). The van der Waals surface area contributed by atoms with Crippen molar-refractivity contribution in [2.45, 2.75) is 84.7 Å². The second-order valence-corrected chi connectivity index (χ2v) is 13.0. The highest BCUT2D eigenvalue weighted by atomic mass is 16.6. The first-order valence-electron chi connectivity index (χ1n) is 15.1. The molecule has 9 heteroatoms. The minimum absolute atomic E-state index is 0.00337. The second kappa shape index (κ2) is 11.9. The molecule has 0 bridgehead atoms. The maximum absolute atomic E-state index is 13.1. The zero-order valence-electron chi connectivity index (χ0n) is 25.6. The molecule has 2 aliphatic heterocycles. The van der Waals surface area contributed by atoms with Gasteiger partial charge >= 0.3 is 12.2 Å². The fourth-order valence-corrected chi connectivity index (χ4v) is 6.43. The van der Waals surface area contributed by atoms with Crippen molar-refractivity contribution in [2.75, 3.05) is 29.4 Å². The first-order valence-corrected chi connectivity index (χ1v) is 15.1. The van der Waals surface area contributed by atoms with Gasteiger partial charge < -0.3 is 29.5 Å². The van der Waals surface area contributed by atoms with Gasteiger partial charge in [0.1, 0.15) is 12.2 Å². The Labute approximate surface area is 249 Å². The number of piperazine rings is 1. The number of ether oxygens (including phenoxy) is 2. The molecule has 1 saturated heterocycles. The molecule has 0 radical (unpaired) electrons. The first-order chi connectivity index (χ1) is 19.9. The summed E-state index contributed by atoms with van der Waals surface area (Å²) in [6.07, 6.45) is 1.39. The highest BCUT2D eigenvalue weighted by molar-refractivity contribution is 5.94. The standard InChI is InChI=1S/C33H44N4O5/c1-21-19-35(16-17-36(21)32(40)42-33(4,5)6)26-14-15-28-27(18-26)29(22(2)30(25-12-13-25)37(28)23(3)38)34-31(39)41-20-24-10-8-7-9-11-24/h7-11,14-15,18,21-22,25,29-30H,12-13,16-17,19-20H2,1-6H3,(H,34,39). The summed E-state index contributed by atoms with van der Waals surface area (Å²) >= 11 is 0. The number of alkyl carbamates (subject to hydrolysis) is 1. The van der Waals surface area contributed by atoms with Gasteiger partial charge in [-0.25, -0.2) is 9.59 Å². The van der Waals surface area contributed by atoms with E-state index >= 15 is 0 Å². The van der Waals surface area contributed by atoms with Crippen LogP contribution in [0.25, 0.3) is 0 Å². The number of amides is 3. The Morgan fingerprint density at radius 2 is 1.71 bits per heavy atom. The Bertz CT molecular complexity index is 1310. The van der Waals surface area contributed by atoms with Crippen molar-refractivity contribution in [3.63, 3.8) is 0 Å². The van der Waals surface area contributed by atoms with Crippen LogP contribution in [-0.4, -0.2) is 60.3 Å². The van der Waals surface area contributed by atoms with E-state index in [4.69, 9.17) is 9.47 Å². The lowest BCUT2D eigenvalue weighted by atomic mass is 9.79. The summed E-state index contributed by atoms with van der Waals surface area (Å²) in [5, 5.41) is 3.16. The fourth-order valence-electron chi connectivity index (χ4n) is 6.43. The molecule has 3 amide bonds. The molecule has 4 unspecified atom stereocenters. The second-order valence-electron chi connectivity index (χ2n) is 13.0. The van der Waals surface area contributed by atoms with Gasteiger partial charge in [0.25, 0.3) is 0 Å². The molecule has 4 atom stereocenters. The van der Waals surface area contributed by atoms with Gasteiger partial charge in [0.2, 0.25) is 5.91 Å². The van der Waals surface area contributed by atoms with Crippen molar-refractivity contribution in [1.82, 2.24) is 10.2 Å². The number of fused-ring (bicyclic) bond motifs is 1. The van der Waals surface area contributed by atoms with Crippen molar-refractivity contribution >= 4 is 29.5 Å². The minimum atomic E-state index is -0.547. The normalized spacial score (nSPS) is 24.1. The summed E-state index contributed by atoms with van der Waals surface area (Å²) in [5.41, 5.74) is 3.12. The molecule has 9 nitrogen and oxygen atoms in total. The van der Waals surface area contributed by atoms with Crippen LogP contribution in [0.3, 0.4) is 0 Å². The van der Waals surface area contributed by atoms with Gasteiger partial charge in [-0.05, 0) is 70.2 Å². The number of nitrogens with zero attached hydrogens (tertiary/aromatic N) is 3. The van der Waals surface area contributed by atoms with Crippen LogP contribution >= 0.6 is 0 Å². The number of anilines is 2. The summed E-state index contributed by atoms with van der Waals surface area (Å²) in [4.78, 5) is 44.9. The van der Waals surface area contributed by atoms with E-state index in [0.29, 0.717) is 25.6 Å². The molecule has 1 saturated carbocycles. The molecule has 226 valence electrons. The van der Waals surface area contributed by atoms with E-state index in [1.54, 1.807) is 11.8 Å². The molecule has 0 aromatic heterocycles. The number of carbonyl (C=O) groups is 3. The van der Waals surface area contributed by atoms with E-state index in [1.807, 2.05) is 69.0 Å². The van der Waals surface area contributed by atoms with E-state index in [2.05, 4.69) is 29.3 Å². The van der Waals surface area contributed by atoms with E-state index in [9.17, 15) is 14.4 Å². The lowest BCUT2D eigenvalue weighted by molar-refractivity contribution is -0.117. The monoisotopic (exact) mass is 576 g/mol. The molecule has 1 N–H and O–H groups in total. The third-order valence-corrected chi connectivity index (χ3v) is 8.52. The van der Waals surface area contributed by atoms with Crippen molar-refractivity contribution in [2.24, 2.45) is 11.8 Å². The van der Waals surface area contributed by atoms with Crippen molar-refractivity contribution in [3.8, 4) is 0 Å². The Kier molecular flexibility index (Phi) is 8.39. The topological polar surface area (TPSA) is 91.4 Å². The average molecular weight is 577 g/mol. The fraction of sp³-hybridized carbons (Fsp3) is 0.545. The van der Waals surface area contributed by atoms with Gasteiger partial charge in [0.15, 0.2) is 0 Å². The molecular weight excluding hydrogens is 532 g/mol. The first kappa shape index (κ1) is 29.7. The van der Waals surface area contributed by atoms with Crippen LogP contribution in [0.5, 0.6) is 0 Å². The van der Waals surface area contributed by atoms with Crippen LogP contribution in [0.15, 0.2) is 48.5 Å². The Hall–Kier alpha value is -3.75. The van der Waals surface area contributed by atoms with Gasteiger partial charge in [-0.2, -0.15) is 0 Å². The lowest BCUT2D eigenvalue weighted by Gasteiger charge is -2.46. The average Bonchev–Trinajstić information content (AvgIpc) is 3.77. The van der Waals surface area contributed by atoms with Gasteiger partial charge in [-0.1, -0.05) is 37.3 Å².